The molecule has 0 saturated carbocycles. The molecule has 1 aromatic heterocycles. The maximum atomic E-state index is 11.2. The molecule has 0 fully saturated rings. The molecule has 1 aromatic rings. The molecule has 0 radical (unpaired) electrons. The molecule has 0 aliphatic carbocycles. The van der Waals surface area contributed by atoms with E-state index in [1.54, 1.807) is 7.05 Å². The predicted octanol–water partition coefficient (Wildman–Crippen LogP) is 1.70. The fourth-order valence-corrected chi connectivity index (χ4v) is 1.51. The molecule has 0 unspecified atom stereocenters. The van der Waals surface area contributed by atoms with Gasteiger partial charge in [0.25, 0.3) is 5.56 Å². The Morgan fingerprint density at radius 3 is 2.58 bits per heavy atom. The van der Waals surface area contributed by atoms with Crippen molar-refractivity contribution in [2.24, 2.45) is 7.05 Å². The van der Waals surface area contributed by atoms with Crippen molar-refractivity contribution in [1.82, 2.24) is 4.57 Å². The van der Waals surface area contributed by atoms with Gasteiger partial charge in [0.1, 0.15) is 10.0 Å². The Kier molecular flexibility index (Phi) is 2.65. The number of halogens is 2. The van der Waals surface area contributed by atoms with Crippen molar-refractivity contribution in [2.45, 2.75) is 0 Å². The van der Waals surface area contributed by atoms with Crippen molar-refractivity contribution in [2.75, 3.05) is 7.11 Å². The van der Waals surface area contributed by atoms with Crippen LogP contribution in [0.15, 0.2) is 11.0 Å². The number of aromatic nitrogens is 1. The largest absolute Gasteiger partial charge is 0.493 e. The number of methoxy groups -OCH3 is 1. The molecule has 5 heteroatoms. The summed E-state index contributed by atoms with van der Waals surface area (Å²) in [7, 11) is 2.98. The van der Waals surface area contributed by atoms with Gasteiger partial charge < -0.3 is 9.30 Å². The first-order chi connectivity index (χ1) is 5.57. The van der Waals surface area contributed by atoms with Crippen molar-refractivity contribution in [1.29, 1.82) is 0 Å². The van der Waals surface area contributed by atoms with E-state index in [2.05, 4.69) is 0 Å². The fraction of sp³-hybridized carbons (Fsp3) is 0.286. The van der Waals surface area contributed by atoms with Gasteiger partial charge in [0.15, 0.2) is 5.75 Å². The van der Waals surface area contributed by atoms with E-state index in [9.17, 15) is 4.79 Å². The van der Waals surface area contributed by atoms with Crippen molar-refractivity contribution < 1.29 is 4.74 Å². The standard InChI is InChI=1S/C7H7Cl2NO2/c1-10-3-4(8)6(12-2)5(9)7(10)11/h3H,1-2H3. The Balaban J connectivity index is 3.52. The number of rotatable bonds is 1. The maximum absolute atomic E-state index is 11.2. The summed E-state index contributed by atoms with van der Waals surface area (Å²) in [6.07, 6.45) is 1.45. The molecule has 0 amide bonds. The molecule has 1 rings (SSSR count). The van der Waals surface area contributed by atoms with E-state index >= 15 is 0 Å². The molecule has 3 nitrogen and oxygen atoms in total. The molecule has 0 aliphatic heterocycles. The van der Waals surface area contributed by atoms with Crippen LogP contribution in [0, 0.1) is 0 Å². The van der Waals surface area contributed by atoms with Crippen LogP contribution in [-0.2, 0) is 7.05 Å². The van der Waals surface area contributed by atoms with Crippen LogP contribution in [-0.4, -0.2) is 11.7 Å². The summed E-state index contributed by atoms with van der Waals surface area (Å²) < 4.78 is 6.13. The van der Waals surface area contributed by atoms with Crippen LogP contribution < -0.4 is 10.3 Å². The minimum atomic E-state index is -0.321. The van der Waals surface area contributed by atoms with E-state index < -0.39 is 0 Å². The van der Waals surface area contributed by atoms with Gasteiger partial charge in [-0.15, -0.1) is 0 Å². The monoisotopic (exact) mass is 207 g/mol. The molecule has 0 spiro atoms. The Labute approximate surface area is 79.5 Å². The van der Waals surface area contributed by atoms with Crippen molar-refractivity contribution >= 4 is 23.2 Å². The minimum Gasteiger partial charge on any atom is -0.493 e. The Hall–Kier alpha value is -0.670. The quantitative estimate of drug-likeness (QED) is 0.703. The zero-order chi connectivity index (χ0) is 9.30. The van der Waals surface area contributed by atoms with Gasteiger partial charge in [-0.2, -0.15) is 0 Å². The first-order valence-corrected chi connectivity index (χ1v) is 3.92. The molecule has 0 atom stereocenters. The average molecular weight is 208 g/mol. The molecule has 0 bridgehead atoms. The highest BCUT2D eigenvalue weighted by Crippen LogP contribution is 2.28. The highest BCUT2D eigenvalue weighted by molar-refractivity contribution is 6.36. The Bertz CT molecular complexity index is 359. The van der Waals surface area contributed by atoms with Crippen molar-refractivity contribution in [3.8, 4) is 5.75 Å². The lowest BCUT2D eigenvalue weighted by molar-refractivity contribution is 0.413. The third-order valence-corrected chi connectivity index (χ3v) is 2.04. The number of ether oxygens (including phenoxy) is 1. The molecule has 1 heterocycles. The van der Waals surface area contributed by atoms with Gasteiger partial charge >= 0.3 is 0 Å². The van der Waals surface area contributed by atoms with Gasteiger partial charge in [0.05, 0.1) is 7.11 Å². The summed E-state index contributed by atoms with van der Waals surface area (Å²) in [5.74, 6) is 0.224. The number of hydrogen-bond acceptors (Lipinski definition) is 2. The molecular formula is C7H7Cl2NO2. The normalized spacial score (nSPS) is 10.0. The number of pyridine rings is 1. The molecule has 0 aromatic carbocycles. The highest BCUT2D eigenvalue weighted by Gasteiger charge is 2.11. The second-order valence-corrected chi connectivity index (χ2v) is 3.03. The van der Waals surface area contributed by atoms with Crippen LogP contribution in [0.5, 0.6) is 5.75 Å². The third kappa shape index (κ3) is 1.42. The number of aryl methyl sites for hydroxylation is 1. The van der Waals surface area contributed by atoms with Gasteiger partial charge in [0, 0.05) is 13.2 Å². The number of hydrogen-bond donors (Lipinski definition) is 0. The lowest BCUT2D eigenvalue weighted by Gasteiger charge is -2.06. The Morgan fingerprint density at radius 2 is 2.08 bits per heavy atom. The summed E-state index contributed by atoms with van der Waals surface area (Å²) in [5.41, 5.74) is -0.321. The van der Waals surface area contributed by atoms with Gasteiger partial charge in [-0.25, -0.2) is 0 Å². The van der Waals surface area contributed by atoms with Crippen molar-refractivity contribution in [3.05, 3.63) is 26.6 Å². The first kappa shape index (κ1) is 9.42. The van der Waals surface area contributed by atoms with E-state index in [0.717, 1.165) is 0 Å². The van der Waals surface area contributed by atoms with E-state index in [0.29, 0.717) is 5.02 Å². The van der Waals surface area contributed by atoms with Crippen molar-refractivity contribution in [3.63, 3.8) is 0 Å². The number of nitrogens with zero attached hydrogens (tertiary/aromatic N) is 1. The van der Waals surface area contributed by atoms with E-state index in [-0.39, 0.29) is 16.3 Å². The third-order valence-electron chi connectivity index (χ3n) is 1.44. The van der Waals surface area contributed by atoms with E-state index in [1.807, 2.05) is 0 Å². The Morgan fingerprint density at radius 1 is 1.50 bits per heavy atom. The maximum Gasteiger partial charge on any atom is 0.272 e. The molecule has 12 heavy (non-hydrogen) atoms. The lowest BCUT2D eigenvalue weighted by Crippen LogP contribution is -2.17. The molecule has 66 valence electrons. The molecular weight excluding hydrogens is 201 g/mol. The zero-order valence-electron chi connectivity index (χ0n) is 6.60. The summed E-state index contributed by atoms with van der Waals surface area (Å²) >= 11 is 11.4. The van der Waals surface area contributed by atoms with Crippen LogP contribution in [0.25, 0.3) is 0 Å². The minimum absolute atomic E-state index is 0.00694. The smallest absolute Gasteiger partial charge is 0.272 e. The van der Waals surface area contributed by atoms with Crippen LogP contribution in [0.3, 0.4) is 0 Å². The first-order valence-electron chi connectivity index (χ1n) is 3.16. The fourth-order valence-electron chi connectivity index (χ4n) is 0.831. The van der Waals surface area contributed by atoms with Crippen LogP contribution in [0.4, 0.5) is 0 Å². The van der Waals surface area contributed by atoms with Crippen LogP contribution in [0.2, 0.25) is 10.0 Å². The lowest BCUT2D eigenvalue weighted by atomic mass is 10.4. The second-order valence-electron chi connectivity index (χ2n) is 2.24. The second kappa shape index (κ2) is 3.37. The van der Waals surface area contributed by atoms with Gasteiger partial charge in [-0.3, -0.25) is 4.79 Å². The summed E-state index contributed by atoms with van der Waals surface area (Å²) in [6.45, 7) is 0. The molecule has 0 saturated heterocycles. The van der Waals surface area contributed by atoms with E-state index in [1.165, 1.54) is 17.9 Å². The van der Waals surface area contributed by atoms with Crippen LogP contribution >= 0.6 is 23.2 Å². The van der Waals surface area contributed by atoms with Gasteiger partial charge in [-0.05, 0) is 0 Å². The van der Waals surface area contributed by atoms with Gasteiger partial charge in [0.2, 0.25) is 0 Å². The average Bonchev–Trinajstić information content (AvgIpc) is 2.01. The topological polar surface area (TPSA) is 31.2 Å². The predicted molar refractivity (Wildman–Crippen MR) is 48.3 cm³/mol. The highest BCUT2D eigenvalue weighted by atomic mass is 35.5. The molecule has 0 aliphatic rings. The molecule has 0 N–H and O–H groups in total. The summed E-state index contributed by atoms with van der Waals surface area (Å²) in [6, 6.07) is 0. The summed E-state index contributed by atoms with van der Waals surface area (Å²) in [4.78, 5) is 11.2. The van der Waals surface area contributed by atoms with Crippen LogP contribution in [0.1, 0.15) is 0 Å². The SMILES string of the molecule is COc1c(Cl)cn(C)c(=O)c1Cl. The van der Waals surface area contributed by atoms with Gasteiger partial charge in [-0.1, -0.05) is 23.2 Å². The zero-order valence-corrected chi connectivity index (χ0v) is 8.11. The summed E-state index contributed by atoms with van der Waals surface area (Å²) in [5, 5.41) is 0.331. The van der Waals surface area contributed by atoms with E-state index in [4.69, 9.17) is 27.9 Å².